The van der Waals surface area contributed by atoms with Gasteiger partial charge in [0, 0.05) is 71.9 Å². The summed E-state index contributed by atoms with van der Waals surface area (Å²) in [7, 11) is -0.464. The molecule has 724 valence electrons. The van der Waals surface area contributed by atoms with E-state index in [1.54, 1.807) is 106 Å². The number of hydrogen-bond acceptors (Lipinski definition) is 32. The molecule has 3 aliphatic rings. The van der Waals surface area contributed by atoms with E-state index >= 15 is 0 Å². The number of nitrogens with one attached hydrogen (secondary N) is 1. The van der Waals surface area contributed by atoms with Crippen molar-refractivity contribution in [3.8, 4) is 0 Å². The standard InChI is InChI=1S/C17H27N3O5.C14H13BFNO3.C10H19BO2.2C8H11N3.C7H10BrN3O.C7H11N3O.C6H12BO2.C4H4BrN3.C4H7Br.C4H8O.B.Cs.FH.Na.H/c1-11(21)8-12-9-19-13(10-18-12)20(14(22)24-16(2,3)4)15(23)25-17(5,6)7;16-13-8-11(15(19)20)6-7-12(13)14(18)17-9-10-4-2-1-3-5-10;1-8(2)7-11-12-9(3,4)10(5,6)13-11;2*1-6(2)3-7-4-11-8(9)5-10-7;1-4(12)2-5-3-10-7(9)6(8)11-5;1-5(11)2-6-3-10-7(8)4-9-6;1-5(2)6(3,4)9-7-8-5;5-3-1-8-4(6)2-7-3;1-4(2)3-5;1-2-4-5-3-1;;;;;/h9-11,21H,8H2,1-7H3;1-8,19-20H,9H2,(H,17,18);1,7H2,2-6H3;2*4-5H,1,3H2,2H3,(H2,9,11);3-4,12H,2H2,1H3,(H2,9,10);3-5,11H,2H2,1H3,(H2,8,10);1-4H3;1-2H,(H2,6,8);1,3H2,2H3;1-4H2;;;1H;;/q;;;;;;;;;;;;+1;;+1;-1/p-1. The van der Waals surface area contributed by atoms with Gasteiger partial charge in [-0.2, -0.15) is 4.90 Å². The van der Waals surface area contributed by atoms with Crippen molar-refractivity contribution in [3.63, 3.8) is 0 Å². The number of amides is 3. The molecule has 3 atom stereocenters. The molecule has 45 heteroatoms. The molecule has 3 unspecified atom stereocenters. The van der Waals surface area contributed by atoms with Crippen LogP contribution in [-0.4, -0.2) is 204 Å². The van der Waals surface area contributed by atoms with Gasteiger partial charge in [0.05, 0.1) is 143 Å². The van der Waals surface area contributed by atoms with Gasteiger partial charge in [-0.3, -0.25) is 24.7 Å². The van der Waals surface area contributed by atoms with Gasteiger partial charge in [0.15, 0.2) is 11.6 Å². The second kappa shape index (κ2) is 67.6. The molecule has 2 aromatic carbocycles. The van der Waals surface area contributed by atoms with E-state index in [1.807, 2.05) is 85.7 Å². The van der Waals surface area contributed by atoms with Crippen molar-refractivity contribution in [2.24, 2.45) is 0 Å². The normalized spacial score (nSPS) is 13.9. The zero-order chi connectivity index (χ0) is 99.1. The Bertz CT molecular complexity index is 4600. The number of hydrogen-bond donors (Lipinski definition) is 11. The molecule has 4 radical (unpaired) electrons. The molecule has 0 spiro atoms. The molecule has 11 rings (SSSR count). The van der Waals surface area contributed by atoms with Crippen molar-refractivity contribution in [1.29, 1.82) is 0 Å². The number of allylic oxidation sites excluding steroid dienone is 4. The van der Waals surface area contributed by atoms with Crippen LogP contribution < -0.4 is 148 Å². The molecule has 3 amide bonds. The minimum atomic E-state index is -1.76. The molecule has 0 saturated carbocycles. The number of ether oxygens (including phenoxy) is 3. The summed E-state index contributed by atoms with van der Waals surface area (Å²) < 4.78 is 52.4. The largest absolute Gasteiger partial charge is 1.00 e. The Hall–Kier alpha value is -6.70. The Labute approximate surface area is 900 Å². The van der Waals surface area contributed by atoms with E-state index in [4.69, 9.17) is 81.8 Å². The van der Waals surface area contributed by atoms with Crippen molar-refractivity contribution < 1.29 is 182 Å². The molecule has 0 aliphatic carbocycles. The van der Waals surface area contributed by atoms with Crippen LogP contribution in [0.1, 0.15) is 204 Å². The predicted octanol–water partition coefficient (Wildman–Crippen LogP) is 4.69. The number of nitrogens with zero attached hydrogens (tertiary/aromatic N) is 13. The first-order chi connectivity index (χ1) is 60.3. The van der Waals surface area contributed by atoms with Crippen molar-refractivity contribution >= 4 is 137 Å². The molecule has 16 N–H and O–H groups in total. The van der Waals surface area contributed by atoms with Gasteiger partial charge >= 0.3 is 133 Å². The molecule has 6 aromatic heterocycles. The van der Waals surface area contributed by atoms with Gasteiger partial charge in [-0.1, -0.05) is 94.4 Å². The number of alkyl halides is 1. The number of halogens is 5. The van der Waals surface area contributed by atoms with Gasteiger partial charge in [0.25, 0.3) is 5.91 Å². The fourth-order valence-electron chi connectivity index (χ4n) is 9.33. The minimum absolute atomic E-state index is 0. The Morgan fingerprint density at radius 1 is 0.582 bits per heavy atom. The third-order valence-electron chi connectivity index (χ3n) is 17.0. The number of nitrogen functional groups attached to an aromatic ring is 5. The number of carbonyl (C=O) groups is 3. The number of aliphatic hydroxyl groups is 3. The Morgan fingerprint density at radius 3 is 1.27 bits per heavy atom. The van der Waals surface area contributed by atoms with E-state index in [-0.39, 0.29) is 165 Å². The summed E-state index contributed by atoms with van der Waals surface area (Å²) in [5.74, 6) is 0.757. The van der Waals surface area contributed by atoms with Crippen molar-refractivity contribution in [1.82, 2.24) is 65.1 Å². The van der Waals surface area contributed by atoms with Gasteiger partial charge in [0.2, 0.25) is 0 Å². The molecule has 0 bridgehead atoms. The molecule has 3 aliphatic heterocycles. The first kappa shape index (κ1) is 134. The molecule has 134 heavy (non-hydrogen) atoms. The number of benzene rings is 2. The quantitative estimate of drug-likeness (QED) is 0.0315. The van der Waals surface area contributed by atoms with E-state index < -0.39 is 54.4 Å². The van der Waals surface area contributed by atoms with Crippen LogP contribution in [-0.2, 0) is 71.5 Å². The maximum Gasteiger partial charge on any atom is 1.00 e. The predicted molar refractivity (Wildman–Crippen MR) is 529 cm³/mol. The number of nitrogens with two attached hydrogens (primary N) is 5. The Kier molecular flexibility index (Phi) is 67.4. The van der Waals surface area contributed by atoms with E-state index in [0.29, 0.717) is 74.7 Å². The fourth-order valence-corrected chi connectivity index (χ4v) is 9.86. The molecule has 8 aromatic rings. The smallest absolute Gasteiger partial charge is 1.00 e. The zero-order valence-electron chi connectivity index (χ0n) is 82.7. The first-order valence-electron chi connectivity index (χ1n) is 41.3. The second-order valence-corrected chi connectivity index (χ2v) is 36.2. The van der Waals surface area contributed by atoms with Gasteiger partial charge in [-0.25, -0.2) is 53.9 Å². The maximum absolute atomic E-state index is 13.7. The number of imide groups is 1. The summed E-state index contributed by atoms with van der Waals surface area (Å²) in [5, 5.41) is 48.8. The third kappa shape index (κ3) is 60.2. The second-order valence-electron chi connectivity index (χ2n) is 34.1. The molecular weight excluding hydrogens is 2050 g/mol. The van der Waals surface area contributed by atoms with Crippen LogP contribution >= 0.6 is 47.8 Å². The van der Waals surface area contributed by atoms with Crippen LogP contribution in [0.2, 0.25) is 6.32 Å². The van der Waals surface area contributed by atoms with Gasteiger partial charge in [-0.05, 0) is 213 Å². The van der Waals surface area contributed by atoms with Gasteiger partial charge < -0.3 is 98.3 Å². The SMILES string of the molecule is C1CCOC1.C=C(C)CB1OC(C)(C)C(C)(C)O1.C=C(C)CBr.C=C(C)Cc1cnc(N)cn1.C=C(C)Cc1cnc(N)cn1.CC(O)Cc1cnc(N(C(=O)OC(C)(C)C)C(=O)OC(C)(C)C)cn1.CC(O)Cc1cnc(N)c(Br)n1.CC(O)Cc1cnc(N)cn1.CC1(C)O[B]OC1(C)C.Nc1cnc(Br)cn1.O=C(NCc1ccccc1)c1ccc(B(O)O)cc1F.[B].[Cs+].[F-].[H-].[Na+]. The van der Waals surface area contributed by atoms with Crippen LogP contribution in [0.4, 0.5) is 48.9 Å². The summed E-state index contributed by atoms with van der Waals surface area (Å²) in [6.45, 7) is 56.7. The van der Waals surface area contributed by atoms with Crippen molar-refractivity contribution in [2.45, 2.75) is 255 Å². The molecule has 34 nitrogen and oxygen atoms in total. The number of rotatable bonds is 18. The number of aliphatic hydroxyl groups excluding tert-OH is 3. The Morgan fingerprint density at radius 2 is 0.970 bits per heavy atom. The number of aromatic nitrogens is 12. The maximum atomic E-state index is 13.7. The zero-order valence-corrected chi connectivity index (χ0v) is 94.8. The topological polar surface area (TPSA) is 517 Å². The van der Waals surface area contributed by atoms with E-state index in [9.17, 15) is 23.9 Å². The van der Waals surface area contributed by atoms with Crippen LogP contribution in [0, 0.1) is 5.82 Å². The van der Waals surface area contributed by atoms with Crippen LogP contribution in [0.5, 0.6) is 0 Å². The molecule has 3 fully saturated rings. The van der Waals surface area contributed by atoms with E-state index in [2.05, 4.69) is 167 Å². The van der Waals surface area contributed by atoms with E-state index in [0.717, 1.165) is 88.8 Å². The average molecular weight is 2190 g/mol. The average Bonchev–Trinajstić information content (AvgIpc) is 1.63. The summed E-state index contributed by atoms with van der Waals surface area (Å²) >= 11 is 9.49. The molecule has 3 saturated heterocycles. The monoisotopic (exact) mass is 2180 g/mol. The number of anilines is 6. The van der Waals surface area contributed by atoms with E-state index in [1.165, 1.54) is 63.0 Å². The summed E-state index contributed by atoms with van der Waals surface area (Å²) in [5.41, 5.74) is 33.3. The summed E-state index contributed by atoms with van der Waals surface area (Å²) in [6, 6.07) is 12.7. The Balaban J connectivity index is -0.000000470. The number of carbonyl (C=O) groups excluding carboxylic acids is 3. The summed E-state index contributed by atoms with van der Waals surface area (Å²) in [4.78, 5) is 84.9. The molecule has 9 heterocycles. The van der Waals surface area contributed by atoms with Gasteiger partial charge in [-0.15, -0.1) is 6.58 Å². The third-order valence-corrected chi connectivity index (χ3v) is 19.0. The molecular formula is C89H134B4Br3CsF2N19NaO15. The van der Waals surface area contributed by atoms with Crippen molar-refractivity contribution in [2.75, 3.05) is 52.1 Å². The van der Waals surface area contributed by atoms with Crippen molar-refractivity contribution in [3.05, 3.63) is 220 Å². The van der Waals surface area contributed by atoms with Crippen LogP contribution in [0.25, 0.3) is 0 Å². The fraction of sp³-hybridized carbons (Fsp3) is 0.472. The van der Waals surface area contributed by atoms with Gasteiger partial charge in [0.1, 0.15) is 49.5 Å². The first-order valence-corrected chi connectivity index (χ1v) is 44.0. The van der Waals surface area contributed by atoms with Crippen LogP contribution in [0.3, 0.4) is 0 Å². The minimum Gasteiger partial charge on any atom is -1.00 e. The van der Waals surface area contributed by atoms with Crippen LogP contribution in [0.15, 0.2) is 175 Å². The summed E-state index contributed by atoms with van der Waals surface area (Å²) in [6.07, 6.45) is 19.8.